The number of aryl methyl sites for hydroxylation is 1. The van der Waals surface area contributed by atoms with Gasteiger partial charge in [-0.25, -0.2) is 8.42 Å². The van der Waals surface area contributed by atoms with Gasteiger partial charge >= 0.3 is 0 Å². The molecule has 0 fully saturated rings. The van der Waals surface area contributed by atoms with Gasteiger partial charge in [-0.3, -0.25) is 4.68 Å². The van der Waals surface area contributed by atoms with Crippen LogP contribution < -0.4 is 0 Å². The van der Waals surface area contributed by atoms with Gasteiger partial charge in [-0.2, -0.15) is 9.40 Å². The summed E-state index contributed by atoms with van der Waals surface area (Å²) < 4.78 is 28.7. The Morgan fingerprint density at radius 1 is 1.11 bits per heavy atom. The minimum Gasteiger partial charge on any atom is -0.269 e. The van der Waals surface area contributed by atoms with Crippen molar-refractivity contribution in [3.05, 3.63) is 11.9 Å². The average molecular weight is 287 g/mol. The lowest BCUT2D eigenvalue weighted by molar-refractivity contribution is 0.302. The van der Waals surface area contributed by atoms with E-state index in [0.717, 1.165) is 0 Å². The predicted molar refractivity (Wildman–Crippen MR) is 76.6 cm³/mol. The van der Waals surface area contributed by atoms with Gasteiger partial charge in [0.2, 0.25) is 10.0 Å². The summed E-state index contributed by atoms with van der Waals surface area (Å²) in [6, 6.07) is -0.00667. The van der Waals surface area contributed by atoms with E-state index in [0.29, 0.717) is 10.6 Å². The molecule has 110 valence electrons. The largest absolute Gasteiger partial charge is 0.269 e. The molecule has 1 rings (SSSR count). The van der Waals surface area contributed by atoms with Crippen LogP contribution in [0.25, 0.3) is 0 Å². The van der Waals surface area contributed by atoms with Crippen LogP contribution in [0.2, 0.25) is 0 Å². The number of nitrogens with zero attached hydrogens (tertiary/aromatic N) is 3. The van der Waals surface area contributed by atoms with Crippen molar-refractivity contribution in [1.82, 2.24) is 14.1 Å². The lowest BCUT2D eigenvalue weighted by Crippen LogP contribution is -2.42. The van der Waals surface area contributed by atoms with Gasteiger partial charge < -0.3 is 0 Å². The summed E-state index contributed by atoms with van der Waals surface area (Å²) in [5, 5.41) is 4.29. The Balaban J connectivity index is 3.34. The van der Waals surface area contributed by atoms with Crippen LogP contribution in [0.5, 0.6) is 0 Å². The minimum absolute atomic E-state index is 0.0770. The van der Waals surface area contributed by atoms with E-state index in [2.05, 4.69) is 5.10 Å². The van der Waals surface area contributed by atoms with E-state index >= 15 is 0 Å². The van der Waals surface area contributed by atoms with E-state index < -0.39 is 10.0 Å². The Hall–Kier alpha value is -0.880. The van der Waals surface area contributed by atoms with Gasteiger partial charge in [-0.1, -0.05) is 0 Å². The molecule has 0 spiro atoms. The molecule has 1 heterocycles. The summed E-state index contributed by atoms with van der Waals surface area (Å²) in [6.45, 7) is 13.3. The zero-order valence-electron chi connectivity index (χ0n) is 12.9. The number of hydrogen-bond donors (Lipinski definition) is 0. The molecule has 19 heavy (non-hydrogen) atoms. The van der Waals surface area contributed by atoms with E-state index in [-0.39, 0.29) is 18.1 Å². The molecule has 0 aliphatic carbocycles. The van der Waals surface area contributed by atoms with E-state index in [1.54, 1.807) is 17.8 Å². The highest BCUT2D eigenvalue weighted by Gasteiger charge is 2.32. The van der Waals surface area contributed by atoms with Crippen LogP contribution in [0.15, 0.2) is 11.1 Å². The number of sulfonamides is 1. The summed E-state index contributed by atoms with van der Waals surface area (Å²) in [6.07, 6.45) is 1.63. The van der Waals surface area contributed by atoms with Gasteiger partial charge in [0.1, 0.15) is 4.90 Å². The topological polar surface area (TPSA) is 55.2 Å². The molecule has 0 bridgehead atoms. The van der Waals surface area contributed by atoms with Crippen LogP contribution in [0.4, 0.5) is 0 Å². The van der Waals surface area contributed by atoms with Crippen molar-refractivity contribution in [2.24, 2.45) is 0 Å². The summed E-state index contributed by atoms with van der Waals surface area (Å²) in [5.74, 6) is 0. The fraction of sp³-hybridized carbons (Fsp3) is 0.769. The molecule has 5 nitrogen and oxygen atoms in total. The van der Waals surface area contributed by atoms with Gasteiger partial charge in [-0.05, 0) is 48.5 Å². The van der Waals surface area contributed by atoms with Crippen LogP contribution >= 0.6 is 0 Å². The molecule has 0 saturated carbocycles. The first-order chi connectivity index (χ1) is 8.59. The van der Waals surface area contributed by atoms with Gasteiger partial charge in [0, 0.05) is 24.3 Å². The zero-order valence-corrected chi connectivity index (χ0v) is 13.7. The molecule has 0 amide bonds. The number of rotatable bonds is 5. The van der Waals surface area contributed by atoms with Crippen LogP contribution in [0, 0.1) is 6.92 Å². The third-order valence-corrected chi connectivity index (χ3v) is 5.33. The standard InChI is InChI=1S/C13H25N3O2S/c1-9(2)15-8-13(12(7)14-15)19(17,18)16(10(3)4)11(5)6/h8-11H,1-7H3. The molecule has 0 aliphatic rings. The second kappa shape index (κ2) is 5.63. The molecule has 1 aromatic heterocycles. The summed E-state index contributed by atoms with van der Waals surface area (Å²) in [4.78, 5) is 0.309. The Bertz CT molecular complexity index is 522. The van der Waals surface area contributed by atoms with E-state index in [1.165, 1.54) is 4.31 Å². The fourth-order valence-electron chi connectivity index (χ4n) is 2.25. The summed E-state index contributed by atoms with van der Waals surface area (Å²) in [7, 11) is -3.49. The highest BCUT2D eigenvalue weighted by molar-refractivity contribution is 7.89. The van der Waals surface area contributed by atoms with Crippen molar-refractivity contribution in [3.63, 3.8) is 0 Å². The molecule has 0 atom stereocenters. The van der Waals surface area contributed by atoms with Crippen molar-refractivity contribution < 1.29 is 8.42 Å². The Kier molecular flexibility index (Phi) is 4.79. The first kappa shape index (κ1) is 16.2. The third-order valence-electron chi connectivity index (χ3n) is 2.97. The second-order valence-electron chi connectivity index (χ2n) is 5.67. The molecule has 0 aliphatic heterocycles. The summed E-state index contributed by atoms with van der Waals surface area (Å²) in [5.41, 5.74) is 0.556. The van der Waals surface area contributed by atoms with Crippen LogP contribution in [-0.2, 0) is 10.0 Å². The lowest BCUT2D eigenvalue weighted by Gasteiger charge is -2.29. The molecule has 6 heteroatoms. The van der Waals surface area contributed by atoms with Gasteiger partial charge in [0.25, 0.3) is 0 Å². The molecule has 0 unspecified atom stereocenters. The van der Waals surface area contributed by atoms with Crippen molar-refractivity contribution in [3.8, 4) is 0 Å². The molecule has 0 N–H and O–H groups in total. The van der Waals surface area contributed by atoms with E-state index in [9.17, 15) is 8.42 Å². The van der Waals surface area contributed by atoms with Crippen LogP contribution in [-0.4, -0.2) is 34.6 Å². The maximum absolute atomic E-state index is 12.7. The van der Waals surface area contributed by atoms with Gasteiger partial charge in [0.05, 0.1) is 5.69 Å². The second-order valence-corrected chi connectivity index (χ2v) is 7.49. The van der Waals surface area contributed by atoms with Crippen molar-refractivity contribution in [2.75, 3.05) is 0 Å². The number of aromatic nitrogens is 2. The maximum atomic E-state index is 12.7. The normalized spacial score (nSPS) is 13.2. The SMILES string of the molecule is Cc1nn(C(C)C)cc1S(=O)(=O)N(C(C)C)C(C)C. The fourth-order valence-corrected chi connectivity index (χ4v) is 4.24. The molecular weight excluding hydrogens is 262 g/mol. The molecule has 0 radical (unpaired) electrons. The van der Waals surface area contributed by atoms with Crippen LogP contribution in [0.3, 0.4) is 0 Å². The zero-order chi connectivity index (χ0) is 15.0. The third kappa shape index (κ3) is 3.17. The number of hydrogen-bond acceptors (Lipinski definition) is 3. The van der Waals surface area contributed by atoms with Crippen molar-refractivity contribution in [2.45, 2.75) is 71.5 Å². The smallest absolute Gasteiger partial charge is 0.246 e. The Morgan fingerprint density at radius 2 is 1.58 bits per heavy atom. The van der Waals surface area contributed by atoms with E-state index in [4.69, 9.17) is 0 Å². The molecular formula is C13H25N3O2S. The highest BCUT2D eigenvalue weighted by atomic mass is 32.2. The van der Waals surface area contributed by atoms with Crippen molar-refractivity contribution >= 4 is 10.0 Å². The minimum atomic E-state index is -3.49. The van der Waals surface area contributed by atoms with Gasteiger partial charge in [-0.15, -0.1) is 0 Å². The molecule has 0 aromatic carbocycles. The van der Waals surface area contributed by atoms with E-state index in [1.807, 2.05) is 41.5 Å². The average Bonchev–Trinajstić information content (AvgIpc) is 2.58. The van der Waals surface area contributed by atoms with Crippen molar-refractivity contribution in [1.29, 1.82) is 0 Å². The first-order valence-electron chi connectivity index (χ1n) is 6.68. The van der Waals surface area contributed by atoms with Crippen LogP contribution in [0.1, 0.15) is 53.3 Å². The quantitative estimate of drug-likeness (QED) is 0.836. The summed E-state index contributed by atoms with van der Waals surface area (Å²) >= 11 is 0. The maximum Gasteiger partial charge on any atom is 0.246 e. The monoisotopic (exact) mass is 287 g/mol. The predicted octanol–water partition coefficient (Wildman–Crippen LogP) is 2.58. The first-order valence-corrected chi connectivity index (χ1v) is 8.12. The molecule has 1 aromatic rings. The lowest BCUT2D eigenvalue weighted by atomic mass is 10.3. The highest BCUT2D eigenvalue weighted by Crippen LogP contribution is 2.24. The Labute approximate surface area is 116 Å². The Morgan fingerprint density at radius 3 is 1.89 bits per heavy atom. The van der Waals surface area contributed by atoms with Gasteiger partial charge in [0.15, 0.2) is 0 Å². The molecule has 0 saturated heterocycles.